The summed E-state index contributed by atoms with van der Waals surface area (Å²) in [6, 6.07) is 7.51. The summed E-state index contributed by atoms with van der Waals surface area (Å²) in [7, 11) is 1.44. The minimum Gasteiger partial charge on any atom is -0.493 e. The molecule has 0 spiro atoms. The summed E-state index contributed by atoms with van der Waals surface area (Å²) in [6.07, 6.45) is 3.15. The number of rotatable bonds is 6. The van der Waals surface area contributed by atoms with Gasteiger partial charge in [0.15, 0.2) is 16.3 Å². The van der Waals surface area contributed by atoms with Gasteiger partial charge in [0.2, 0.25) is 0 Å². The third kappa shape index (κ3) is 4.32. The largest absolute Gasteiger partial charge is 0.493 e. The highest BCUT2D eigenvalue weighted by Gasteiger charge is 2.34. The lowest BCUT2D eigenvalue weighted by molar-refractivity contribution is -0.139. The minimum absolute atomic E-state index is 0.167. The van der Waals surface area contributed by atoms with Gasteiger partial charge in [0, 0.05) is 13.0 Å². The van der Waals surface area contributed by atoms with Gasteiger partial charge in [-0.05, 0) is 43.7 Å². The van der Waals surface area contributed by atoms with Crippen molar-refractivity contribution < 1.29 is 28.2 Å². The summed E-state index contributed by atoms with van der Waals surface area (Å²) in [5.74, 6) is -0.0433. The SMILES string of the molecule is CCOC(=O)C1=C(C)N=c2s/c(=C\c3ccco3)c(=O)n2[C@@H]1c1ccc(OC(C)=O)c(OC)c1. The molecule has 1 aliphatic heterocycles. The van der Waals surface area contributed by atoms with Crippen LogP contribution in [0.3, 0.4) is 0 Å². The normalized spacial score (nSPS) is 15.5. The first kappa shape index (κ1) is 23.2. The fraction of sp³-hybridized carbons (Fsp3) is 0.250. The van der Waals surface area contributed by atoms with Crippen molar-refractivity contribution in [3.05, 3.63) is 78.9 Å². The highest BCUT2D eigenvalue weighted by atomic mass is 32.1. The molecule has 0 radical (unpaired) electrons. The summed E-state index contributed by atoms with van der Waals surface area (Å²) in [6.45, 7) is 4.86. The number of furan rings is 1. The fourth-order valence-corrected chi connectivity index (χ4v) is 4.73. The molecule has 34 heavy (non-hydrogen) atoms. The van der Waals surface area contributed by atoms with Crippen LogP contribution < -0.4 is 24.4 Å². The molecule has 0 bridgehead atoms. The monoisotopic (exact) mass is 482 g/mol. The number of benzene rings is 1. The second-order valence-corrected chi connectivity index (χ2v) is 8.33. The maximum absolute atomic E-state index is 13.5. The molecule has 0 saturated carbocycles. The molecule has 2 aromatic heterocycles. The molecule has 0 fully saturated rings. The van der Waals surface area contributed by atoms with Crippen LogP contribution in [-0.4, -0.2) is 30.2 Å². The molecule has 1 aromatic carbocycles. The van der Waals surface area contributed by atoms with Gasteiger partial charge in [-0.25, -0.2) is 9.79 Å². The third-order valence-electron chi connectivity index (χ3n) is 5.09. The van der Waals surface area contributed by atoms with Gasteiger partial charge < -0.3 is 18.6 Å². The minimum atomic E-state index is -0.825. The van der Waals surface area contributed by atoms with Gasteiger partial charge in [-0.3, -0.25) is 14.2 Å². The van der Waals surface area contributed by atoms with Crippen molar-refractivity contribution in [2.45, 2.75) is 26.8 Å². The second kappa shape index (κ2) is 9.52. The van der Waals surface area contributed by atoms with E-state index < -0.39 is 18.0 Å². The Morgan fingerprint density at radius 2 is 2.06 bits per heavy atom. The third-order valence-corrected chi connectivity index (χ3v) is 6.07. The van der Waals surface area contributed by atoms with E-state index in [1.807, 2.05) is 0 Å². The summed E-state index contributed by atoms with van der Waals surface area (Å²) >= 11 is 1.19. The van der Waals surface area contributed by atoms with Crippen molar-refractivity contribution in [2.24, 2.45) is 4.99 Å². The van der Waals surface area contributed by atoms with Crippen molar-refractivity contribution in [3.63, 3.8) is 0 Å². The number of esters is 2. The van der Waals surface area contributed by atoms with E-state index in [2.05, 4.69) is 4.99 Å². The van der Waals surface area contributed by atoms with Gasteiger partial charge in [0.05, 0.1) is 41.8 Å². The van der Waals surface area contributed by atoms with Crippen molar-refractivity contribution in [1.82, 2.24) is 4.57 Å². The zero-order valence-electron chi connectivity index (χ0n) is 19.0. The average Bonchev–Trinajstić information content (AvgIpc) is 3.41. The van der Waals surface area contributed by atoms with Crippen LogP contribution in [0, 0.1) is 0 Å². The summed E-state index contributed by atoms with van der Waals surface area (Å²) in [5, 5.41) is 0. The van der Waals surface area contributed by atoms with Crippen LogP contribution >= 0.6 is 11.3 Å². The lowest BCUT2D eigenvalue weighted by Gasteiger charge is -2.25. The fourth-order valence-electron chi connectivity index (χ4n) is 3.70. The number of thiazole rings is 1. The molecular formula is C24H22N2O7S. The van der Waals surface area contributed by atoms with Gasteiger partial charge >= 0.3 is 11.9 Å². The quantitative estimate of drug-likeness (QED) is 0.392. The number of ether oxygens (including phenoxy) is 3. The van der Waals surface area contributed by atoms with Crippen molar-refractivity contribution >= 4 is 29.4 Å². The number of hydrogen-bond donors (Lipinski definition) is 0. The number of hydrogen-bond acceptors (Lipinski definition) is 9. The maximum atomic E-state index is 13.5. The first-order valence-corrected chi connectivity index (χ1v) is 11.2. The Morgan fingerprint density at radius 3 is 2.71 bits per heavy atom. The van der Waals surface area contributed by atoms with Crippen LogP contribution in [0.1, 0.15) is 38.1 Å². The Morgan fingerprint density at radius 1 is 1.26 bits per heavy atom. The highest BCUT2D eigenvalue weighted by molar-refractivity contribution is 7.07. The number of carbonyl (C=O) groups is 2. The number of methoxy groups -OCH3 is 1. The van der Waals surface area contributed by atoms with E-state index in [1.165, 1.54) is 36.2 Å². The van der Waals surface area contributed by atoms with Gasteiger partial charge in [-0.2, -0.15) is 0 Å². The van der Waals surface area contributed by atoms with Crippen molar-refractivity contribution in [1.29, 1.82) is 0 Å². The number of nitrogens with zero attached hydrogens (tertiary/aromatic N) is 2. The lowest BCUT2D eigenvalue weighted by Crippen LogP contribution is -2.39. The van der Waals surface area contributed by atoms with Crippen molar-refractivity contribution in [2.75, 3.05) is 13.7 Å². The zero-order valence-corrected chi connectivity index (χ0v) is 19.8. The molecule has 10 heteroatoms. The second-order valence-electron chi connectivity index (χ2n) is 7.32. The van der Waals surface area contributed by atoms with Gasteiger partial charge in [-0.1, -0.05) is 17.4 Å². The van der Waals surface area contributed by atoms with Crippen LogP contribution in [0.25, 0.3) is 6.08 Å². The zero-order chi connectivity index (χ0) is 24.4. The van der Waals surface area contributed by atoms with Crippen LogP contribution in [0.4, 0.5) is 0 Å². The Labute approximate surface area is 198 Å². The van der Waals surface area contributed by atoms with Gasteiger partial charge in [-0.15, -0.1) is 0 Å². The predicted octanol–water partition coefficient (Wildman–Crippen LogP) is 2.33. The molecule has 3 aromatic rings. The number of carbonyl (C=O) groups excluding carboxylic acids is 2. The van der Waals surface area contributed by atoms with Gasteiger partial charge in [0.1, 0.15) is 5.76 Å². The number of allylic oxidation sites excluding steroid dienone is 1. The van der Waals surface area contributed by atoms with E-state index in [0.717, 1.165) is 0 Å². The standard InChI is InChI=1S/C24H22N2O7S/c1-5-31-23(29)20-13(2)25-24-26(22(28)19(34-24)12-16-7-6-10-32-16)21(20)15-8-9-17(33-14(3)27)18(11-15)30-4/h6-12,21H,5H2,1-4H3/b19-12-/t21-/m1/s1. The molecule has 0 N–H and O–H groups in total. The van der Waals surface area contributed by atoms with Crippen molar-refractivity contribution in [3.8, 4) is 11.5 Å². The summed E-state index contributed by atoms with van der Waals surface area (Å²) in [5.41, 5.74) is 0.914. The Balaban J connectivity index is 1.95. The summed E-state index contributed by atoms with van der Waals surface area (Å²) < 4.78 is 23.1. The van der Waals surface area contributed by atoms with Crippen LogP contribution in [0.2, 0.25) is 0 Å². The first-order valence-electron chi connectivity index (χ1n) is 10.4. The van der Waals surface area contributed by atoms with E-state index >= 15 is 0 Å². The molecule has 1 aliphatic rings. The molecule has 0 unspecified atom stereocenters. The number of fused-ring (bicyclic) bond motifs is 1. The van der Waals surface area contributed by atoms with E-state index in [1.54, 1.807) is 50.3 Å². The Kier molecular flexibility index (Phi) is 6.51. The highest BCUT2D eigenvalue weighted by Crippen LogP contribution is 2.36. The molecule has 0 aliphatic carbocycles. The van der Waals surface area contributed by atoms with Crippen LogP contribution in [-0.2, 0) is 14.3 Å². The molecule has 4 rings (SSSR count). The molecule has 176 valence electrons. The van der Waals surface area contributed by atoms with E-state index in [-0.39, 0.29) is 29.2 Å². The molecule has 1 atom stereocenters. The van der Waals surface area contributed by atoms with Crippen LogP contribution in [0.5, 0.6) is 11.5 Å². The Hall–Kier alpha value is -3.92. The molecule has 3 heterocycles. The van der Waals surface area contributed by atoms with E-state index in [9.17, 15) is 14.4 Å². The lowest BCUT2D eigenvalue weighted by atomic mass is 9.95. The molecule has 0 amide bonds. The van der Waals surface area contributed by atoms with E-state index in [4.69, 9.17) is 18.6 Å². The maximum Gasteiger partial charge on any atom is 0.338 e. The Bertz CT molecular complexity index is 1460. The topological polar surface area (TPSA) is 109 Å². The van der Waals surface area contributed by atoms with Crippen LogP contribution in [0.15, 0.2) is 62.1 Å². The number of aromatic nitrogens is 1. The molecular weight excluding hydrogens is 460 g/mol. The first-order chi connectivity index (χ1) is 16.3. The average molecular weight is 483 g/mol. The molecule has 0 saturated heterocycles. The van der Waals surface area contributed by atoms with Gasteiger partial charge in [0.25, 0.3) is 5.56 Å². The predicted molar refractivity (Wildman–Crippen MR) is 123 cm³/mol. The smallest absolute Gasteiger partial charge is 0.338 e. The molecule has 9 nitrogen and oxygen atoms in total. The van der Waals surface area contributed by atoms with E-state index in [0.29, 0.717) is 26.4 Å². The summed E-state index contributed by atoms with van der Waals surface area (Å²) in [4.78, 5) is 42.9.